The Morgan fingerprint density at radius 2 is 1.33 bits per heavy atom. The second-order valence-electron chi connectivity index (χ2n) is 15.4. The third-order valence-electron chi connectivity index (χ3n) is 10.6. The SMILES string of the molecule is CC1CC2CC(=O)C(CCCO[Si](c3ccccc3)(c3ccccc3)C(C)(C)C)=C2C(O[Si](C(C)C)(C(C)C)C(C)C)C1. The minimum atomic E-state index is -2.59. The van der Waals surface area contributed by atoms with Crippen LogP contribution in [0.25, 0.3) is 0 Å². The summed E-state index contributed by atoms with van der Waals surface area (Å²) in [6.07, 6.45) is 4.56. The summed E-state index contributed by atoms with van der Waals surface area (Å²) in [5.74, 6) is 1.30. The first-order chi connectivity index (χ1) is 20.3. The van der Waals surface area contributed by atoms with E-state index in [-0.39, 0.29) is 11.1 Å². The molecule has 2 aliphatic rings. The zero-order valence-corrected chi connectivity index (χ0v) is 30.7. The highest BCUT2D eigenvalue weighted by Gasteiger charge is 2.51. The Balaban J connectivity index is 1.63. The highest BCUT2D eigenvalue weighted by molar-refractivity contribution is 6.99. The summed E-state index contributed by atoms with van der Waals surface area (Å²) >= 11 is 0. The summed E-state index contributed by atoms with van der Waals surface area (Å²) in [5, 5.41) is 2.56. The molecule has 43 heavy (non-hydrogen) atoms. The van der Waals surface area contributed by atoms with E-state index in [9.17, 15) is 4.79 Å². The van der Waals surface area contributed by atoms with Crippen molar-refractivity contribution in [1.29, 1.82) is 0 Å². The van der Waals surface area contributed by atoms with Crippen LogP contribution in [0.4, 0.5) is 0 Å². The summed E-state index contributed by atoms with van der Waals surface area (Å²) in [7, 11) is -4.67. The topological polar surface area (TPSA) is 35.5 Å². The van der Waals surface area contributed by atoms with Crippen LogP contribution in [0.3, 0.4) is 0 Å². The van der Waals surface area contributed by atoms with Crippen LogP contribution in [0.2, 0.25) is 21.7 Å². The number of hydrogen-bond donors (Lipinski definition) is 0. The average molecular weight is 619 g/mol. The van der Waals surface area contributed by atoms with Gasteiger partial charge in [0, 0.05) is 13.0 Å². The fourth-order valence-corrected chi connectivity index (χ4v) is 19.0. The van der Waals surface area contributed by atoms with E-state index in [0.29, 0.717) is 47.3 Å². The van der Waals surface area contributed by atoms with Crippen molar-refractivity contribution < 1.29 is 13.6 Å². The maximum Gasteiger partial charge on any atom is 0.261 e. The monoisotopic (exact) mass is 618 g/mol. The number of benzene rings is 2. The van der Waals surface area contributed by atoms with Gasteiger partial charge >= 0.3 is 0 Å². The number of Topliss-reactive ketones (excluding diaryl/α,β-unsaturated/α-hetero) is 1. The van der Waals surface area contributed by atoms with Gasteiger partial charge in [-0.1, -0.05) is 130 Å². The van der Waals surface area contributed by atoms with Gasteiger partial charge in [0.2, 0.25) is 8.32 Å². The van der Waals surface area contributed by atoms with Crippen LogP contribution in [0.15, 0.2) is 71.8 Å². The largest absolute Gasteiger partial charge is 0.409 e. The summed E-state index contributed by atoms with van der Waals surface area (Å²) in [5.41, 5.74) is 4.04. The van der Waals surface area contributed by atoms with Gasteiger partial charge in [-0.2, -0.15) is 0 Å². The van der Waals surface area contributed by atoms with Crippen LogP contribution < -0.4 is 10.4 Å². The lowest BCUT2D eigenvalue weighted by Gasteiger charge is -2.47. The zero-order valence-electron chi connectivity index (χ0n) is 28.7. The lowest BCUT2D eigenvalue weighted by molar-refractivity contribution is -0.115. The zero-order chi connectivity index (χ0) is 31.6. The molecule has 0 radical (unpaired) electrons. The molecule has 0 N–H and O–H groups in total. The molecule has 3 nitrogen and oxygen atoms in total. The van der Waals surface area contributed by atoms with Crippen LogP contribution in [0, 0.1) is 11.8 Å². The maximum absolute atomic E-state index is 13.6. The van der Waals surface area contributed by atoms with Crippen molar-refractivity contribution in [1.82, 2.24) is 0 Å². The van der Waals surface area contributed by atoms with Crippen molar-refractivity contribution >= 4 is 32.8 Å². The first kappa shape index (κ1) is 34.1. The fraction of sp³-hybridized carbons (Fsp3) is 0.605. The Morgan fingerprint density at radius 1 is 0.814 bits per heavy atom. The minimum Gasteiger partial charge on any atom is -0.409 e. The Hall–Kier alpha value is -1.80. The van der Waals surface area contributed by atoms with Crippen LogP contribution >= 0.6 is 0 Å². The van der Waals surface area contributed by atoms with E-state index in [4.69, 9.17) is 8.85 Å². The van der Waals surface area contributed by atoms with Crippen LogP contribution in [0.1, 0.15) is 101 Å². The third kappa shape index (κ3) is 6.61. The van der Waals surface area contributed by atoms with Gasteiger partial charge in [0.15, 0.2) is 5.78 Å². The molecule has 0 aliphatic heterocycles. The molecule has 1 saturated carbocycles. The predicted molar refractivity (Wildman–Crippen MR) is 187 cm³/mol. The van der Waals surface area contributed by atoms with Gasteiger partial charge in [0.05, 0.1) is 6.10 Å². The molecule has 1 fully saturated rings. The molecule has 2 aromatic carbocycles. The van der Waals surface area contributed by atoms with E-state index in [2.05, 4.69) is 130 Å². The lowest BCUT2D eigenvalue weighted by atomic mass is 9.77. The normalized spacial score (nSPS) is 21.8. The lowest BCUT2D eigenvalue weighted by Crippen LogP contribution is -2.66. The second kappa shape index (κ2) is 13.7. The van der Waals surface area contributed by atoms with Gasteiger partial charge in [-0.15, -0.1) is 0 Å². The van der Waals surface area contributed by atoms with Crippen molar-refractivity contribution in [2.24, 2.45) is 11.8 Å². The van der Waals surface area contributed by atoms with Crippen LogP contribution in [0.5, 0.6) is 0 Å². The van der Waals surface area contributed by atoms with Crippen LogP contribution in [-0.4, -0.2) is 35.1 Å². The molecule has 0 aromatic heterocycles. The highest BCUT2D eigenvalue weighted by Crippen LogP contribution is 2.50. The van der Waals surface area contributed by atoms with Gasteiger partial charge in [-0.3, -0.25) is 4.79 Å². The highest BCUT2D eigenvalue weighted by atomic mass is 28.4. The number of fused-ring (bicyclic) bond motifs is 1. The minimum absolute atomic E-state index is 0.0528. The molecular weight excluding hydrogens is 561 g/mol. The fourth-order valence-electron chi connectivity index (χ4n) is 8.89. The summed E-state index contributed by atoms with van der Waals surface area (Å²) in [4.78, 5) is 13.6. The Bertz CT molecular complexity index is 1180. The van der Waals surface area contributed by atoms with Crippen molar-refractivity contribution in [3.05, 3.63) is 71.8 Å². The average Bonchev–Trinajstić information content (AvgIpc) is 3.25. The number of ketones is 1. The van der Waals surface area contributed by atoms with E-state index in [1.54, 1.807) is 0 Å². The van der Waals surface area contributed by atoms with E-state index in [0.717, 1.165) is 31.3 Å². The number of hydrogen-bond acceptors (Lipinski definition) is 3. The third-order valence-corrected chi connectivity index (χ3v) is 21.7. The second-order valence-corrected chi connectivity index (χ2v) is 25.1. The van der Waals surface area contributed by atoms with E-state index >= 15 is 0 Å². The molecule has 3 atom stereocenters. The van der Waals surface area contributed by atoms with Gasteiger partial charge < -0.3 is 8.85 Å². The van der Waals surface area contributed by atoms with E-state index < -0.39 is 16.6 Å². The standard InChI is InChI=1S/C38H58O3Si2/c1-27(2)42(28(3)4,29(5)6)41-36-25-30(7)24-31-26-35(39)34(37(31)36)22-17-23-40-43(38(8,9)10,32-18-13-11-14-19-32)33-20-15-12-16-21-33/h11-16,18-21,27-31,36H,17,22-26H2,1-10H3. The Kier molecular flexibility index (Phi) is 10.8. The number of carbonyl (C=O) groups is 1. The Morgan fingerprint density at radius 3 is 1.79 bits per heavy atom. The maximum atomic E-state index is 13.6. The molecule has 5 heteroatoms. The van der Waals surface area contributed by atoms with E-state index in [1.807, 2.05) is 0 Å². The molecule has 2 aliphatic carbocycles. The smallest absolute Gasteiger partial charge is 0.261 e. The number of allylic oxidation sites excluding steroid dienone is 1. The quantitative estimate of drug-likeness (QED) is 0.176. The number of rotatable bonds is 12. The van der Waals surface area contributed by atoms with Crippen molar-refractivity contribution in [3.63, 3.8) is 0 Å². The summed E-state index contributed by atoms with van der Waals surface area (Å²) in [6.45, 7) is 24.2. The predicted octanol–water partition coefficient (Wildman–Crippen LogP) is 9.22. The molecule has 236 valence electrons. The van der Waals surface area contributed by atoms with Gasteiger partial charge in [0.1, 0.15) is 0 Å². The molecular formula is C38H58O3Si2. The van der Waals surface area contributed by atoms with Crippen molar-refractivity contribution in [2.45, 2.75) is 129 Å². The van der Waals surface area contributed by atoms with E-state index in [1.165, 1.54) is 15.9 Å². The molecule has 0 bridgehead atoms. The van der Waals surface area contributed by atoms with Crippen molar-refractivity contribution in [2.75, 3.05) is 6.61 Å². The first-order valence-corrected chi connectivity index (χ1v) is 21.0. The molecule has 0 amide bonds. The van der Waals surface area contributed by atoms with Gasteiger partial charge in [-0.05, 0) is 80.7 Å². The molecule has 4 rings (SSSR count). The first-order valence-electron chi connectivity index (χ1n) is 16.9. The molecule has 0 saturated heterocycles. The molecule has 2 aromatic rings. The number of carbonyl (C=O) groups excluding carboxylic acids is 1. The molecule has 0 spiro atoms. The van der Waals surface area contributed by atoms with Gasteiger partial charge in [0.25, 0.3) is 8.32 Å². The van der Waals surface area contributed by atoms with Crippen LogP contribution in [-0.2, 0) is 13.6 Å². The molecule has 0 heterocycles. The van der Waals surface area contributed by atoms with Crippen molar-refractivity contribution in [3.8, 4) is 0 Å². The summed E-state index contributed by atoms with van der Waals surface area (Å²) in [6, 6.07) is 21.7. The molecule has 3 unspecified atom stereocenters. The van der Waals surface area contributed by atoms with Gasteiger partial charge in [-0.25, -0.2) is 0 Å². The summed E-state index contributed by atoms with van der Waals surface area (Å²) < 4.78 is 14.6. The Labute approximate surface area is 265 Å².